The molecule has 0 aromatic rings. The number of hydrogen-bond donors (Lipinski definition) is 2. The zero-order chi connectivity index (χ0) is 15.4. The number of aliphatic carboxylic acids is 1. The van der Waals surface area contributed by atoms with E-state index in [1.54, 1.807) is 0 Å². The number of hydrogen-bond acceptors (Lipinski definition) is 4. The Bertz CT molecular complexity index is 341. The highest BCUT2D eigenvalue weighted by Crippen LogP contribution is 2.05. The molecular weight excluding hydrogens is 262 g/mol. The lowest BCUT2D eigenvalue weighted by atomic mass is 10.0. The summed E-state index contributed by atoms with van der Waals surface area (Å²) in [6.07, 6.45) is 1.50. The van der Waals surface area contributed by atoms with E-state index in [1.807, 2.05) is 13.0 Å². The van der Waals surface area contributed by atoms with Gasteiger partial charge in [-0.1, -0.05) is 13.3 Å². The van der Waals surface area contributed by atoms with E-state index >= 15 is 0 Å². The molecule has 0 aliphatic heterocycles. The number of methoxy groups -OCH3 is 1. The van der Waals surface area contributed by atoms with Crippen LogP contribution in [0.1, 0.15) is 26.2 Å². The second kappa shape index (κ2) is 11.1. The van der Waals surface area contributed by atoms with E-state index in [0.717, 1.165) is 6.42 Å². The Morgan fingerprint density at radius 2 is 2.15 bits per heavy atom. The molecule has 0 aromatic carbocycles. The number of carboxylic acids is 1. The molecule has 2 N–H and O–H groups in total. The van der Waals surface area contributed by atoms with Crippen molar-refractivity contribution in [1.29, 1.82) is 5.26 Å². The molecule has 7 heteroatoms. The Morgan fingerprint density at radius 1 is 1.45 bits per heavy atom. The van der Waals surface area contributed by atoms with Gasteiger partial charge in [0.25, 0.3) is 0 Å². The fraction of sp³-hybridized carbons (Fsp3) is 0.769. The number of carbonyl (C=O) groups is 2. The van der Waals surface area contributed by atoms with Crippen molar-refractivity contribution in [3.05, 3.63) is 0 Å². The van der Waals surface area contributed by atoms with Crippen LogP contribution in [0.25, 0.3) is 0 Å². The average molecular weight is 285 g/mol. The van der Waals surface area contributed by atoms with Crippen LogP contribution in [0.3, 0.4) is 0 Å². The van der Waals surface area contributed by atoms with Gasteiger partial charge in [-0.05, 0) is 6.42 Å². The Morgan fingerprint density at radius 3 is 2.65 bits per heavy atom. The van der Waals surface area contributed by atoms with Gasteiger partial charge in [-0.3, -0.25) is 4.79 Å². The third-order valence-corrected chi connectivity index (χ3v) is 2.83. The number of carbonyl (C=O) groups excluding carboxylic acids is 1. The van der Waals surface area contributed by atoms with Crippen LogP contribution in [0.15, 0.2) is 0 Å². The van der Waals surface area contributed by atoms with Crippen molar-refractivity contribution in [2.24, 2.45) is 5.92 Å². The summed E-state index contributed by atoms with van der Waals surface area (Å²) < 4.78 is 4.91. The molecule has 0 saturated heterocycles. The van der Waals surface area contributed by atoms with Crippen LogP contribution in [0.4, 0.5) is 4.79 Å². The van der Waals surface area contributed by atoms with Crippen LogP contribution >= 0.6 is 0 Å². The summed E-state index contributed by atoms with van der Waals surface area (Å²) in [4.78, 5) is 24.4. The molecule has 2 amide bonds. The minimum Gasteiger partial charge on any atom is -0.481 e. The Hall–Kier alpha value is -1.81. The van der Waals surface area contributed by atoms with Crippen LogP contribution < -0.4 is 5.32 Å². The van der Waals surface area contributed by atoms with Crippen LogP contribution in [0.5, 0.6) is 0 Å². The van der Waals surface area contributed by atoms with Gasteiger partial charge >= 0.3 is 12.0 Å². The zero-order valence-electron chi connectivity index (χ0n) is 12.1. The van der Waals surface area contributed by atoms with E-state index in [9.17, 15) is 9.59 Å². The van der Waals surface area contributed by atoms with Crippen molar-refractivity contribution in [2.75, 3.05) is 33.4 Å². The van der Waals surface area contributed by atoms with Crippen molar-refractivity contribution in [3.8, 4) is 6.07 Å². The first kappa shape index (κ1) is 18.2. The molecule has 114 valence electrons. The largest absolute Gasteiger partial charge is 0.481 e. The molecule has 0 heterocycles. The monoisotopic (exact) mass is 285 g/mol. The third kappa shape index (κ3) is 7.59. The van der Waals surface area contributed by atoms with Gasteiger partial charge in [-0.2, -0.15) is 5.26 Å². The molecule has 20 heavy (non-hydrogen) atoms. The molecule has 1 atom stereocenters. The zero-order valence-corrected chi connectivity index (χ0v) is 12.1. The second-order valence-corrected chi connectivity index (χ2v) is 4.40. The maximum Gasteiger partial charge on any atom is 0.317 e. The second-order valence-electron chi connectivity index (χ2n) is 4.40. The molecule has 0 rings (SSSR count). The van der Waals surface area contributed by atoms with E-state index in [4.69, 9.17) is 15.1 Å². The fourth-order valence-electron chi connectivity index (χ4n) is 1.68. The van der Waals surface area contributed by atoms with Crippen molar-refractivity contribution < 1.29 is 19.4 Å². The maximum absolute atomic E-state index is 11.9. The Labute approximate surface area is 119 Å². The van der Waals surface area contributed by atoms with E-state index in [1.165, 1.54) is 12.0 Å². The summed E-state index contributed by atoms with van der Waals surface area (Å²) in [5.74, 6) is -1.49. The first-order valence-electron chi connectivity index (χ1n) is 6.68. The highest BCUT2D eigenvalue weighted by Gasteiger charge is 2.19. The highest BCUT2D eigenvalue weighted by molar-refractivity contribution is 5.76. The summed E-state index contributed by atoms with van der Waals surface area (Å²) >= 11 is 0. The SMILES string of the molecule is CCCC(CNC(=O)N(CCC#N)CCOC)C(=O)O. The molecule has 0 aliphatic rings. The Kier molecular flexibility index (Phi) is 10.1. The van der Waals surface area contributed by atoms with E-state index in [-0.39, 0.29) is 19.0 Å². The minimum absolute atomic E-state index is 0.0953. The number of ether oxygens (including phenoxy) is 1. The summed E-state index contributed by atoms with van der Waals surface area (Å²) in [6.45, 7) is 3.04. The maximum atomic E-state index is 11.9. The lowest BCUT2D eigenvalue weighted by Crippen LogP contribution is -2.44. The van der Waals surface area contributed by atoms with E-state index < -0.39 is 11.9 Å². The van der Waals surface area contributed by atoms with Crippen LogP contribution in [0.2, 0.25) is 0 Å². The van der Waals surface area contributed by atoms with Crippen molar-refractivity contribution in [1.82, 2.24) is 10.2 Å². The van der Waals surface area contributed by atoms with Crippen LogP contribution in [0, 0.1) is 17.2 Å². The van der Waals surface area contributed by atoms with Gasteiger partial charge in [0.1, 0.15) is 0 Å². The molecule has 0 bridgehead atoms. The molecule has 0 fully saturated rings. The number of nitrogens with zero attached hydrogens (tertiary/aromatic N) is 2. The first-order valence-corrected chi connectivity index (χ1v) is 6.68. The molecule has 0 radical (unpaired) electrons. The van der Waals surface area contributed by atoms with Gasteiger partial charge in [0.15, 0.2) is 0 Å². The quantitative estimate of drug-likeness (QED) is 0.624. The van der Waals surface area contributed by atoms with Gasteiger partial charge in [0.2, 0.25) is 0 Å². The first-order chi connectivity index (χ1) is 9.56. The standard InChI is InChI=1S/C13H23N3O4/c1-3-5-11(12(17)18)10-15-13(19)16(7-4-6-14)8-9-20-2/h11H,3-5,7-10H2,1-2H3,(H,15,19)(H,17,18). The van der Waals surface area contributed by atoms with Crippen molar-refractivity contribution in [2.45, 2.75) is 26.2 Å². The van der Waals surface area contributed by atoms with E-state index in [2.05, 4.69) is 5.32 Å². The minimum atomic E-state index is -0.910. The number of rotatable bonds is 10. The van der Waals surface area contributed by atoms with Crippen molar-refractivity contribution in [3.63, 3.8) is 0 Å². The molecule has 0 aliphatic carbocycles. The summed E-state index contributed by atoms with van der Waals surface area (Å²) in [7, 11) is 1.53. The van der Waals surface area contributed by atoms with Crippen molar-refractivity contribution >= 4 is 12.0 Å². The van der Waals surface area contributed by atoms with Crippen LogP contribution in [-0.4, -0.2) is 55.4 Å². The molecule has 0 saturated carbocycles. The summed E-state index contributed by atoms with van der Waals surface area (Å²) in [5, 5.41) is 20.2. The lowest BCUT2D eigenvalue weighted by Gasteiger charge is -2.22. The Balaban J connectivity index is 4.35. The number of amides is 2. The van der Waals surface area contributed by atoms with E-state index in [0.29, 0.717) is 26.1 Å². The molecule has 0 spiro atoms. The summed E-state index contributed by atoms with van der Waals surface area (Å²) in [6, 6.07) is 1.61. The summed E-state index contributed by atoms with van der Waals surface area (Å²) in [5.41, 5.74) is 0. The van der Waals surface area contributed by atoms with Gasteiger partial charge < -0.3 is 20.1 Å². The number of urea groups is 1. The van der Waals surface area contributed by atoms with Gasteiger partial charge in [-0.25, -0.2) is 4.79 Å². The van der Waals surface area contributed by atoms with Gasteiger partial charge in [-0.15, -0.1) is 0 Å². The van der Waals surface area contributed by atoms with Gasteiger partial charge in [0.05, 0.1) is 25.0 Å². The predicted octanol–water partition coefficient (Wildman–Crippen LogP) is 1.06. The number of nitrogens with one attached hydrogen (secondary N) is 1. The normalized spacial score (nSPS) is 11.4. The average Bonchev–Trinajstić information content (AvgIpc) is 2.43. The lowest BCUT2D eigenvalue weighted by molar-refractivity contribution is -0.141. The molecule has 1 unspecified atom stereocenters. The number of nitriles is 1. The third-order valence-electron chi connectivity index (χ3n) is 2.83. The fourth-order valence-corrected chi connectivity index (χ4v) is 1.68. The number of carboxylic acid groups (broad SMARTS) is 1. The van der Waals surface area contributed by atoms with Crippen LogP contribution in [-0.2, 0) is 9.53 Å². The molecular formula is C13H23N3O4. The van der Waals surface area contributed by atoms with Gasteiger partial charge in [0, 0.05) is 26.7 Å². The topological polar surface area (TPSA) is 103 Å². The highest BCUT2D eigenvalue weighted by atomic mass is 16.5. The predicted molar refractivity (Wildman–Crippen MR) is 73.1 cm³/mol. The molecule has 7 nitrogen and oxygen atoms in total. The smallest absolute Gasteiger partial charge is 0.317 e. The molecule has 0 aromatic heterocycles.